The first-order valence-electron chi connectivity index (χ1n) is 10.4. The topological polar surface area (TPSA) is 117 Å². The zero-order chi connectivity index (χ0) is 21.2. The molecule has 0 aromatic rings. The minimum atomic E-state index is -0.659. The normalized spacial score (nSPS) is 25.2. The third kappa shape index (κ3) is 7.50. The number of amides is 4. The van der Waals surface area contributed by atoms with Crippen LogP contribution in [0.1, 0.15) is 58.8 Å². The van der Waals surface area contributed by atoms with E-state index in [9.17, 15) is 19.2 Å². The molecule has 0 aromatic carbocycles. The van der Waals surface area contributed by atoms with E-state index < -0.39 is 17.8 Å². The van der Waals surface area contributed by atoms with Gasteiger partial charge in [0.25, 0.3) is 11.8 Å². The molecule has 3 N–H and O–H groups in total. The third-order valence-corrected chi connectivity index (χ3v) is 6.47. The molecule has 0 spiro atoms. The van der Waals surface area contributed by atoms with Gasteiger partial charge in [0.1, 0.15) is 0 Å². The van der Waals surface area contributed by atoms with Crippen LogP contribution in [0, 0.1) is 0 Å². The first-order valence-corrected chi connectivity index (χ1v) is 11.4. The number of hydrogen-bond acceptors (Lipinski definition) is 7. The van der Waals surface area contributed by atoms with Crippen molar-refractivity contribution in [3.8, 4) is 0 Å². The second-order valence-corrected chi connectivity index (χ2v) is 8.66. The number of hydroxylamine groups is 2. The molecule has 0 radical (unpaired) electrons. The number of unbranched alkanes of at least 4 members (excludes halogenated alkanes) is 2. The fourth-order valence-corrected chi connectivity index (χ4v) is 5.00. The van der Waals surface area contributed by atoms with E-state index in [1.807, 2.05) is 11.8 Å². The summed E-state index contributed by atoms with van der Waals surface area (Å²) in [6.45, 7) is 5.65. The number of imide groups is 1. The van der Waals surface area contributed by atoms with E-state index >= 15 is 0 Å². The number of hydrogen-bond donors (Lipinski definition) is 3. The number of carbonyl (C=O) groups excluding carboxylic acids is 4. The van der Waals surface area contributed by atoms with Gasteiger partial charge in [-0.05, 0) is 32.4 Å². The van der Waals surface area contributed by atoms with E-state index in [2.05, 4.69) is 27.7 Å². The molecule has 3 atom stereocenters. The molecule has 3 aliphatic heterocycles. The molecule has 3 rings (SSSR count). The van der Waals surface area contributed by atoms with Gasteiger partial charge in [0, 0.05) is 30.8 Å². The highest BCUT2D eigenvalue weighted by Gasteiger charge is 2.42. The number of nitrogens with zero attached hydrogens (tertiary/aromatic N) is 1. The molecule has 0 saturated carbocycles. The molecule has 3 heterocycles. The number of carbonyl (C=O) groups is 4. The number of rotatable bonds is 9. The summed E-state index contributed by atoms with van der Waals surface area (Å²) < 4.78 is 0. The van der Waals surface area contributed by atoms with Crippen molar-refractivity contribution in [1.82, 2.24) is 21.0 Å². The van der Waals surface area contributed by atoms with Crippen molar-refractivity contribution in [3.05, 3.63) is 0 Å². The van der Waals surface area contributed by atoms with Crippen LogP contribution >= 0.6 is 11.8 Å². The molecule has 3 aliphatic rings. The van der Waals surface area contributed by atoms with Crippen LogP contribution in [0.5, 0.6) is 0 Å². The highest BCUT2D eigenvalue weighted by molar-refractivity contribution is 8.00. The molecule has 0 aromatic heterocycles. The van der Waals surface area contributed by atoms with Gasteiger partial charge < -0.3 is 20.8 Å². The van der Waals surface area contributed by atoms with Crippen molar-refractivity contribution in [2.45, 2.75) is 76.1 Å². The first-order chi connectivity index (χ1) is 13.9. The second-order valence-electron chi connectivity index (χ2n) is 7.39. The van der Waals surface area contributed by atoms with Gasteiger partial charge in [-0.2, -0.15) is 11.8 Å². The standard InChI is InChI=1S/C13H25N3OS.C6H7NO4/c1-2-3-7-14-8-5-4-6-11-12-10(9-18-11)15-13(17)16-12;1-4(8)11-7-5(9)2-3-6(7)10/h10-12,14H,2-9H2,1H3,(H2,15,16,17);2-3H2,1H3. The Morgan fingerprint density at radius 1 is 1.14 bits per heavy atom. The van der Waals surface area contributed by atoms with Crippen LogP contribution in [0.4, 0.5) is 4.79 Å². The summed E-state index contributed by atoms with van der Waals surface area (Å²) in [5, 5.41) is 10.6. The fourth-order valence-electron chi connectivity index (χ4n) is 3.45. The van der Waals surface area contributed by atoms with E-state index in [4.69, 9.17) is 0 Å². The van der Waals surface area contributed by atoms with Crippen LogP contribution in [0.25, 0.3) is 0 Å². The predicted octanol–water partition coefficient (Wildman–Crippen LogP) is 1.33. The van der Waals surface area contributed by atoms with Crippen molar-refractivity contribution < 1.29 is 24.0 Å². The number of urea groups is 1. The summed E-state index contributed by atoms with van der Waals surface area (Å²) in [5.74, 6) is -0.493. The molecule has 164 valence electrons. The summed E-state index contributed by atoms with van der Waals surface area (Å²) in [7, 11) is 0. The lowest BCUT2D eigenvalue weighted by Gasteiger charge is -2.16. The Bertz CT molecular complexity index is 587. The van der Waals surface area contributed by atoms with Crippen LogP contribution in [0.15, 0.2) is 0 Å². The largest absolute Gasteiger partial charge is 0.332 e. The third-order valence-electron chi connectivity index (χ3n) is 4.96. The average Bonchev–Trinajstić information content (AvgIpc) is 3.32. The number of nitrogens with one attached hydrogen (secondary N) is 3. The Kier molecular flexibility index (Phi) is 9.72. The monoisotopic (exact) mass is 428 g/mol. The molecule has 3 fully saturated rings. The van der Waals surface area contributed by atoms with Crippen molar-refractivity contribution >= 4 is 35.6 Å². The van der Waals surface area contributed by atoms with E-state index in [0.29, 0.717) is 22.4 Å². The highest BCUT2D eigenvalue weighted by Crippen LogP contribution is 2.32. The van der Waals surface area contributed by atoms with Crippen molar-refractivity contribution in [1.29, 1.82) is 0 Å². The van der Waals surface area contributed by atoms with E-state index in [1.165, 1.54) is 32.1 Å². The lowest BCUT2D eigenvalue weighted by atomic mass is 10.0. The lowest BCUT2D eigenvalue weighted by molar-refractivity contribution is -0.195. The zero-order valence-electron chi connectivity index (χ0n) is 17.2. The minimum Gasteiger partial charge on any atom is -0.332 e. The molecule has 4 amide bonds. The Morgan fingerprint density at radius 2 is 1.83 bits per heavy atom. The van der Waals surface area contributed by atoms with Crippen molar-refractivity contribution in [2.24, 2.45) is 0 Å². The zero-order valence-corrected chi connectivity index (χ0v) is 18.0. The van der Waals surface area contributed by atoms with Gasteiger partial charge in [-0.25, -0.2) is 9.59 Å². The number of thioether (sulfide) groups is 1. The molecule has 0 aliphatic carbocycles. The van der Waals surface area contributed by atoms with Crippen molar-refractivity contribution in [2.75, 3.05) is 18.8 Å². The van der Waals surface area contributed by atoms with Gasteiger partial charge in [0.15, 0.2) is 0 Å². The van der Waals surface area contributed by atoms with E-state index in [0.717, 1.165) is 25.8 Å². The summed E-state index contributed by atoms with van der Waals surface area (Å²) in [5.41, 5.74) is 0. The molecule has 10 heteroatoms. The summed E-state index contributed by atoms with van der Waals surface area (Å²) in [6.07, 6.45) is 6.54. The van der Waals surface area contributed by atoms with Gasteiger partial charge in [-0.15, -0.1) is 5.06 Å². The molecule has 3 unspecified atom stereocenters. The average molecular weight is 429 g/mol. The van der Waals surface area contributed by atoms with Gasteiger partial charge in [-0.1, -0.05) is 19.8 Å². The Hall–Kier alpha value is -1.81. The Balaban J connectivity index is 0.000000234. The molecule has 0 bridgehead atoms. The molecular weight excluding hydrogens is 396 g/mol. The van der Waals surface area contributed by atoms with Gasteiger partial charge in [-0.3, -0.25) is 9.59 Å². The van der Waals surface area contributed by atoms with Crippen LogP contribution in [-0.2, 0) is 19.2 Å². The fraction of sp³-hybridized carbons (Fsp3) is 0.789. The maximum Gasteiger partial charge on any atom is 0.330 e. The van der Waals surface area contributed by atoms with Crippen LogP contribution < -0.4 is 16.0 Å². The quantitative estimate of drug-likeness (QED) is 0.288. The van der Waals surface area contributed by atoms with Gasteiger partial charge >= 0.3 is 12.0 Å². The summed E-state index contributed by atoms with van der Waals surface area (Å²) in [6, 6.07) is 0.766. The maximum atomic E-state index is 11.2. The maximum absolute atomic E-state index is 11.2. The van der Waals surface area contributed by atoms with Crippen LogP contribution in [0.3, 0.4) is 0 Å². The number of fused-ring (bicyclic) bond motifs is 1. The SMILES string of the molecule is CC(=O)ON1C(=O)CCC1=O.CCCCNCCCCC1SCC2NC(=O)NC21. The van der Waals surface area contributed by atoms with E-state index in [1.54, 1.807) is 0 Å². The van der Waals surface area contributed by atoms with E-state index in [-0.39, 0.29) is 18.9 Å². The minimum absolute atomic E-state index is 0.0246. The molecular formula is C19H32N4O5S. The molecule has 29 heavy (non-hydrogen) atoms. The Morgan fingerprint density at radius 3 is 2.48 bits per heavy atom. The highest BCUT2D eigenvalue weighted by atomic mass is 32.2. The summed E-state index contributed by atoms with van der Waals surface area (Å²) >= 11 is 2.01. The van der Waals surface area contributed by atoms with Gasteiger partial charge in [0.05, 0.1) is 12.1 Å². The van der Waals surface area contributed by atoms with Crippen LogP contribution in [-0.4, -0.2) is 65.1 Å². The first kappa shape index (κ1) is 23.5. The lowest BCUT2D eigenvalue weighted by Crippen LogP contribution is -2.36. The summed E-state index contributed by atoms with van der Waals surface area (Å²) in [4.78, 5) is 47.4. The van der Waals surface area contributed by atoms with Crippen LogP contribution in [0.2, 0.25) is 0 Å². The molecule has 9 nitrogen and oxygen atoms in total. The van der Waals surface area contributed by atoms with Crippen molar-refractivity contribution in [3.63, 3.8) is 0 Å². The second kappa shape index (κ2) is 12.0. The molecule has 3 saturated heterocycles. The van der Waals surface area contributed by atoms with Gasteiger partial charge in [0.2, 0.25) is 0 Å². The Labute approximate surface area is 176 Å². The smallest absolute Gasteiger partial charge is 0.330 e. The predicted molar refractivity (Wildman–Crippen MR) is 110 cm³/mol.